The zero-order valence-electron chi connectivity index (χ0n) is 9.36. The molecule has 0 aliphatic heterocycles. The molecule has 0 atom stereocenters. The Hall–Kier alpha value is 0.774. The molecule has 0 fully saturated rings. The minimum Gasteiger partial charge on any atom is -1.00 e. The molecule has 0 aromatic heterocycles. The Balaban J connectivity index is -0.000000320. The Morgan fingerprint density at radius 2 is 1.40 bits per heavy atom. The van der Waals surface area contributed by atoms with Crippen molar-refractivity contribution >= 4 is 8.24 Å². The van der Waals surface area contributed by atoms with Gasteiger partial charge in [0.1, 0.15) is 8.24 Å². The molecule has 0 aliphatic carbocycles. The van der Waals surface area contributed by atoms with E-state index in [1.54, 1.807) is 0 Å². The maximum Gasteiger partial charge on any atom is 1.00 e. The topological polar surface area (TPSA) is 3.24 Å². The van der Waals surface area contributed by atoms with Crippen LogP contribution in [0.1, 0.15) is 15.3 Å². The number of rotatable bonds is 3. The van der Waals surface area contributed by atoms with Crippen LogP contribution >= 0.6 is 0 Å². The molecule has 0 radical (unpaired) electrons. The molecule has 0 rings (SSSR count). The van der Waals surface area contributed by atoms with Crippen molar-refractivity contribution in [3.05, 3.63) is 0 Å². The van der Waals surface area contributed by atoms with Crippen molar-refractivity contribution in [2.24, 2.45) is 0 Å². The average molecular weight is 153 g/mol. The SMILES string of the molecule is CCN(CC)[Si](C)(C)C.[H-].[Li+]. The minimum absolute atomic E-state index is 0. The van der Waals surface area contributed by atoms with Crippen molar-refractivity contribution in [3.8, 4) is 0 Å². The maximum absolute atomic E-state index is 2.58. The van der Waals surface area contributed by atoms with E-state index in [0.717, 1.165) is 0 Å². The van der Waals surface area contributed by atoms with E-state index in [9.17, 15) is 0 Å². The minimum atomic E-state index is -0.953. The molecule has 0 saturated carbocycles. The molecule has 1 nitrogen and oxygen atoms in total. The van der Waals surface area contributed by atoms with Gasteiger partial charge in [-0.3, -0.25) is 0 Å². The van der Waals surface area contributed by atoms with Crippen molar-refractivity contribution in [2.45, 2.75) is 33.5 Å². The van der Waals surface area contributed by atoms with Gasteiger partial charge in [-0.2, -0.15) is 0 Å². The van der Waals surface area contributed by atoms with E-state index in [0.29, 0.717) is 0 Å². The fourth-order valence-electron chi connectivity index (χ4n) is 1.17. The monoisotopic (exact) mass is 153 g/mol. The normalized spacial score (nSPS) is 11.4. The number of nitrogens with zero attached hydrogens (tertiary/aromatic N) is 1. The summed E-state index contributed by atoms with van der Waals surface area (Å²) in [5.41, 5.74) is 0. The zero-order chi connectivity index (χ0) is 7.49. The predicted octanol–water partition coefficient (Wildman–Crippen LogP) is -0.720. The summed E-state index contributed by atoms with van der Waals surface area (Å²) in [4.78, 5) is 0. The van der Waals surface area contributed by atoms with Crippen molar-refractivity contribution < 1.29 is 20.3 Å². The van der Waals surface area contributed by atoms with Crippen LogP contribution in [0.2, 0.25) is 19.6 Å². The van der Waals surface area contributed by atoms with Gasteiger partial charge in [0.15, 0.2) is 0 Å². The molecule has 0 unspecified atom stereocenters. The molecule has 0 amide bonds. The van der Waals surface area contributed by atoms with Crippen molar-refractivity contribution in [3.63, 3.8) is 0 Å². The number of hydrogen-bond donors (Lipinski definition) is 0. The van der Waals surface area contributed by atoms with Gasteiger partial charge in [0.05, 0.1) is 0 Å². The Bertz CT molecular complexity index is 81.0. The smallest absolute Gasteiger partial charge is 1.00 e. The van der Waals surface area contributed by atoms with Crippen LogP contribution in [0, 0.1) is 0 Å². The molecule has 0 aliphatic rings. The largest absolute Gasteiger partial charge is 1.00 e. The molecular formula is C7H20LiNSi. The first-order valence-corrected chi connectivity index (χ1v) is 7.22. The Morgan fingerprint density at radius 1 is 1.10 bits per heavy atom. The average Bonchev–Trinajstić information content (AvgIpc) is 1.65. The molecular weight excluding hydrogens is 133 g/mol. The second-order valence-electron chi connectivity index (χ2n) is 3.34. The van der Waals surface area contributed by atoms with Gasteiger partial charge < -0.3 is 5.99 Å². The van der Waals surface area contributed by atoms with Gasteiger partial charge in [-0.15, -0.1) is 0 Å². The van der Waals surface area contributed by atoms with Gasteiger partial charge in [0.2, 0.25) is 0 Å². The third kappa shape index (κ3) is 4.57. The van der Waals surface area contributed by atoms with E-state index in [2.05, 4.69) is 38.1 Å². The standard InChI is InChI=1S/C7H19NSi.Li.H/c1-6-8(7-2)9(3,4)5;;/h6-7H2,1-5H3;;/q;+1;-1. The predicted molar refractivity (Wildman–Crippen MR) is 47.4 cm³/mol. The van der Waals surface area contributed by atoms with Crippen molar-refractivity contribution in [2.75, 3.05) is 13.1 Å². The molecule has 0 aromatic rings. The maximum atomic E-state index is 2.58. The van der Waals surface area contributed by atoms with Crippen molar-refractivity contribution in [1.29, 1.82) is 0 Å². The first kappa shape index (κ1) is 13.4. The molecule has 0 spiro atoms. The summed E-state index contributed by atoms with van der Waals surface area (Å²) in [6.45, 7) is 14.1. The van der Waals surface area contributed by atoms with Crippen LogP contribution < -0.4 is 18.9 Å². The van der Waals surface area contributed by atoms with E-state index in [-0.39, 0.29) is 20.3 Å². The Kier molecular flexibility index (Phi) is 7.26. The quantitative estimate of drug-likeness (QED) is 0.484. The zero-order valence-corrected chi connectivity index (χ0v) is 9.36. The van der Waals surface area contributed by atoms with Crippen LogP contribution in [0.15, 0.2) is 0 Å². The summed E-state index contributed by atoms with van der Waals surface area (Å²) in [7, 11) is -0.953. The van der Waals surface area contributed by atoms with E-state index in [4.69, 9.17) is 0 Å². The van der Waals surface area contributed by atoms with Crippen LogP contribution in [0.3, 0.4) is 0 Å². The third-order valence-corrected chi connectivity index (χ3v) is 4.24. The van der Waals surface area contributed by atoms with Crippen LogP contribution in [0.4, 0.5) is 0 Å². The second kappa shape index (κ2) is 5.43. The van der Waals surface area contributed by atoms with Gasteiger partial charge in [-0.25, -0.2) is 0 Å². The fourth-order valence-corrected chi connectivity index (χ4v) is 3.07. The molecule has 58 valence electrons. The first-order valence-electron chi connectivity index (χ1n) is 3.77. The van der Waals surface area contributed by atoms with Gasteiger partial charge in [-0.1, -0.05) is 33.5 Å². The molecule has 0 heterocycles. The Morgan fingerprint density at radius 3 is 1.40 bits per heavy atom. The molecule has 0 N–H and O–H groups in total. The van der Waals surface area contributed by atoms with Crippen LogP contribution in [0.25, 0.3) is 0 Å². The van der Waals surface area contributed by atoms with Crippen LogP contribution in [-0.4, -0.2) is 25.9 Å². The summed E-state index contributed by atoms with van der Waals surface area (Å²) < 4.78 is 2.58. The van der Waals surface area contributed by atoms with E-state index in [1.165, 1.54) is 13.1 Å². The molecule has 3 heteroatoms. The van der Waals surface area contributed by atoms with Crippen LogP contribution in [0.5, 0.6) is 0 Å². The van der Waals surface area contributed by atoms with E-state index < -0.39 is 8.24 Å². The second-order valence-corrected chi connectivity index (χ2v) is 8.32. The summed E-state index contributed by atoms with van der Waals surface area (Å²) in [6.07, 6.45) is 0. The fraction of sp³-hybridized carbons (Fsp3) is 1.00. The van der Waals surface area contributed by atoms with Gasteiger partial charge in [0.25, 0.3) is 0 Å². The van der Waals surface area contributed by atoms with Crippen LogP contribution in [-0.2, 0) is 0 Å². The van der Waals surface area contributed by atoms with E-state index >= 15 is 0 Å². The van der Waals surface area contributed by atoms with Gasteiger partial charge >= 0.3 is 18.9 Å². The molecule has 0 bridgehead atoms. The Labute approximate surface area is 79.9 Å². The van der Waals surface area contributed by atoms with Gasteiger partial charge in [-0.05, 0) is 13.1 Å². The summed E-state index contributed by atoms with van der Waals surface area (Å²) >= 11 is 0. The molecule has 10 heavy (non-hydrogen) atoms. The van der Waals surface area contributed by atoms with E-state index in [1.807, 2.05) is 0 Å². The molecule has 0 aromatic carbocycles. The first-order chi connectivity index (χ1) is 4.02. The molecule has 0 saturated heterocycles. The van der Waals surface area contributed by atoms with Gasteiger partial charge in [0, 0.05) is 0 Å². The summed E-state index contributed by atoms with van der Waals surface area (Å²) in [5.74, 6) is 0. The third-order valence-electron chi connectivity index (χ3n) is 1.71. The van der Waals surface area contributed by atoms with Crippen molar-refractivity contribution in [1.82, 2.24) is 4.57 Å². The summed E-state index contributed by atoms with van der Waals surface area (Å²) in [6, 6.07) is 0. The summed E-state index contributed by atoms with van der Waals surface area (Å²) in [5, 5.41) is 0. The number of hydrogen-bond acceptors (Lipinski definition) is 1.